The lowest BCUT2D eigenvalue weighted by Gasteiger charge is -2.37. The SMILES string of the molecule is CCCC1CC2(CCNC2)CCO1. The Hall–Kier alpha value is -0.0800. The lowest BCUT2D eigenvalue weighted by Crippen LogP contribution is -2.36. The summed E-state index contributed by atoms with van der Waals surface area (Å²) >= 11 is 0. The van der Waals surface area contributed by atoms with Gasteiger partial charge >= 0.3 is 0 Å². The minimum absolute atomic E-state index is 0.554. The van der Waals surface area contributed by atoms with Crippen LogP contribution in [0.1, 0.15) is 39.0 Å². The van der Waals surface area contributed by atoms with Crippen molar-refractivity contribution < 1.29 is 4.74 Å². The third kappa shape index (κ3) is 2.05. The zero-order chi connectivity index (χ0) is 9.15. The van der Waals surface area contributed by atoms with E-state index in [4.69, 9.17) is 4.74 Å². The smallest absolute Gasteiger partial charge is 0.0580 e. The molecular weight excluding hydrogens is 162 g/mol. The third-order valence-electron chi connectivity index (χ3n) is 3.59. The van der Waals surface area contributed by atoms with E-state index in [-0.39, 0.29) is 0 Å². The second-order valence-electron chi connectivity index (χ2n) is 4.66. The Labute approximate surface area is 81.0 Å². The second kappa shape index (κ2) is 3.97. The van der Waals surface area contributed by atoms with Gasteiger partial charge in [-0.05, 0) is 37.6 Å². The molecule has 2 fully saturated rings. The van der Waals surface area contributed by atoms with Crippen LogP contribution in [0.5, 0.6) is 0 Å². The molecule has 13 heavy (non-hydrogen) atoms. The monoisotopic (exact) mass is 183 g/mol. The summed E-state index contributed by atoms with van der Waals surface area (Å²) in [4.78, 5) is 0. The Morgan fingerprint density at radius 3 is 3.08 bits per heavy atom. The van der Waals surface area contributed by atoms with E-state index in [1.165, 1.54) is 45.2 Å². The molecule has 0 radical (unpaired) electrons. The summed E-state index contributed by atoms with van der Waals surface area (Å²) in [6.07, 6.45) is 7.01. The van der Waals surface area contributed by atoms with Crippen LogP contribution in [0.2, 0.25) is 0 Å². The van der Waals surface area contributed by atoms with Crippen molar-refractivity contribution in [2.45, 2.75) is 45.1 Å². The van der Waals surface area contributed by atoms with E-state index < -0.39 is 0 Å². The molecule has 2 rings (SSSR count). The summed E-state index contributed by atoms with van der Waals surface area (Å²) in [5, 5.41) is 3.49. The number of ether oxygens (including phenoxy) is 1. The third-order valence-corrected chi connectivity index (χ3v) is 3.59. The molecular formula is C11H21NO. The van der Waals surface area contributed by atoms with E-state index in [2.05, 4.69) is 12.2 Å². The van der Waals surface area contributed by atoms with Gasteiger partial charge in [0, 0.05) is 13.2 Å². The average molecular weight is 183 g/mol. The molecule has 2 atom stereocenters. The van der Waals surface area contributed by atoms with Crippen molar-refractivity contribution in [1.82, 2.24) is 5.32 Å². The molecule has 0 bridgehead atoms. The largest absolute Gasteiger partial charge is 0.378 e. The maximum atomic E-state index is 5.78. The van der Waals surface area contributed by atoms with Gasteiger partial charge in [0.2, 0.25) is 0 Å². The molecule has 2 aliphatic heterocycles. The fourth-order valence-corrected chi connectivity index (χ4v) is 2.78. The van der Waals surface area contributed by atoms with Crippen molar-refractivity contribution in [3.63, 3.8) is 0 Å². The maximum Gasteiger partial charge on any atom is 0.0580 e. The first-order valence-electron chi connectivity index (χ1n) is 5.67. The molecule has 0 aliphatic carbocycles. The molecule has 2 heteroatoms. The van der Waals surface area contributed by atoms with Gasteiger partial charge in [-0.2, -0.15) is 0 Å². The highest BCUT2D eigenvalue weighted by Crippen LogP contribution is 2.39. The molecule has 0 aromatic carbocycles. The molecule has 2 unspecified atom stereocenters. The Morgan fingerprint density at radius 2 is 2.38 bits per heavy atom. The van der Waals surface area contributed by atoms with Gasteiger partial charge < -0.3 is 10.1 Å². The van der Waals surface area contributed by atoms with E-state index >= 15 is 0 Å². The Bertz CT molecular complexity index is 161. The van der Waals surface area contributed by atoms with Gasteiger partial charge in [0.25, 0.3) is 0 Å². The van der Waals surface area contributed by atoms with Crippen LogP contribution in [0.15, 0.2) is 0 Å². The van der Waals surface area contributed by atoms with Gasteiger partial charge in [-0.15, -0.1) is 0 Å². The molecule has 76 valence electrons. The lowest BCUT2D eigenvalue weighted by molar-refractivity contribution is -0.0452. The van der Waals surface area contributed by atoms with Crippen LogP contribution in [-0.4, -0.2) is 25.8 Å². The standard InChI is InChI=1S/C11H21NO/c1-2-3-10-8-11(5-7-13-10)4-6-12-9-11/h10,12H,2-9H2,1H3. The van der Waals surface area contributed by atoms with E-state index in [9.17, 15) is 0 Å². The minimum Gasteiger partial charge on any atom is -0.378 e. The van der Waals surface area contributed by atoms with Crippen LogP contribution in [0.25, 0.3) is 0 Å². The number of hydrogen-bond donors (Lipinski definition) is 1. The summed E-state index contributed by atoms with van der Waals surface area (Å²) in [5.74, 6) is 0. The molecule has 2 nitrogen and oxygen atoms in total. The summed E-state index contributed by atoms with van der Waals surface area (Å²) < 4.78 is 5.78. The predicted octanol–water partition coefficient (Wildman–Crippen LogP) is 1.95. The Morgan fingerprint density at radius 1 is 1.46 bits per heavy atom. The van der Waals surface area contributed by atoms with Gasteiger partial charge in [-0.25, -0.2) is 0 Å². The quantitative estimate of drug-likeness (QED) is 0.706. The van der Waals surface area contributed by atoms with Gasteiger partial charge in [-0.1, -0.05) is 13.3 Å². The van der Waals surface area contributed by atoms with Crippen LogP contribution >= 0.6 is 0 Å². The summed E-state index contributed by atoms with van der Waals surface area (Å²) in [6, 6.07) is 0. The van der Waals surface area contributed by atoms with E-state index in [1.807, 2.05) is 0 Å². The van der Waals surface area contributed by atoms with E-state index in [1.54, 1.807) is 0 Å². The van der Waals surface area contributed by atoms with Crippen molar-refractivity contribution >= 4 is 0 Å². The van der Waals surface area contributed by atoms with Gasteiger partial charge in [-0.3, -0.25) is 0 Å². The second-order valence-corrected chi connectivity index (χ2v) is 4.66. The Balaban J connectivity index is 1.90. The predicted molar refractivity (Wildman–Crippen MR) is 53.8 cm³/mol. The van der Waals surface area contributed by atoms with Gasteiger partial charge in [0.15, 0.2) is 0 Å². The van der Waals surface area contributed by atoms with E-state index in [0.29, 0.717) is 11.5 Å². The van der Waals surface area contributed by atoms with Crippen molar-refractivity contribution in [3.05, 3.63) is 0 Å². The molecule has 1 spiro atoms. The topological polar surface area (TPSA) is 21.3 Å². The fourth-order valence-electron chi connectivity index (χ4n) is 2.78. The maximum absolute atomic E-state index is 5.78. The lowest BCUT2D eigenvalue weighted by atomic mass is 9.76. The molecule has 2 aliphatic rings. The highest BCUT2D eigenvalue weighted by Gasteiger charge is 2.38. The molecule has 0 saturated carbocycles. The van der Waals surface area contributed by atoms with Gasteiger partial charge in [0.05, 0.1) is 6.10 Å². The average Bonchev–Trinajstić information content (AvgIpc) is 2.54. The van der Waals surface area contributed by atoms with E-state index in [0.717, 1.165) is 6.61 Å². The molecule has 0 aromatic rings. The summed E-state index contributed by atoms with van der Waals surface area (Å²) in [6.45, 7) is 5.69. The number of nitrogens with one attached hydrogen (secondary N) is 1. The summed E-state index contributed by atoms with van der Waals surface area (Å²) in [5.41, 5.74) is 0.609. The Kier molecular flexibility index (Phi) is 2.89. The van der Waals surface area contributed by atoms with Crippen LogP contribution < -0.4 is 5.32 Å². The zero-order valence-electron chi connectivity index (χ0n) is 8.64. The van der Waals surface area contributed by atoms with Crippen LogP contribution in [0.4, 0.5) is 0 Å². The van der Waals surface area contributed by atoms with Crippen LogP contribution in [0.3, 0.4) is 0 Å². The zero-order valence-corrected chi connectivity index (χ0v) is 8.64. The van der Waals surface area contributed by atoms with Crippen molar-refractivity contribution in [3.8, 4) is 0 Å². The summed E-state index contributed by atoms with van der Waals surface area (Å²) in [7, 11) is 0. The molecule has 2 saturated heterocycles. The first-order chi connectivity index (χ1) is 6.35. The highest BCUT2D eigenvalue weighted by molar-refractivity contribution is 4.92. The van der Waals surface area contributed by atoms with Gasteiger partial charge in [0.1, 0.15) is 0 Å². The van der Waals surface area contributed by atoms with Crippen LogP contribution in [0, 0.1) is 5.41 Å². The molecule has 0 aromatic heterocycles. The minimum atomic E-state index is 0.554. The van der Waals surface area contributed by atoms with Crippen molar-refractivity contribution in [1.29, 1.82) is 0 Å². The van der Waals surface area contributed by atoms with Crippen LogP contribution in [-0.2, 0) is 4.74 Å². The molecule has 0 amide bonds. The number of rotatable bonds is 2. The first kappa shape index (κ1) is 9.47. The highest BCUT2D eigenvalue weighted by atomic mass is 16.5. The first-order valence-corrected chi connectivity index (χ1v) is 5.67. The number of hydrogen-bond acceptors (Lipinski definition) is 2. The fraction of sp³-hybridized carbons (Fsp3) is 1.00. The molecule has 1 N–H and O–H groups in total. The normalized spacial score (nSPS) is 39.9. The van der Waals surface area contributed by atoms with Crippen molar-refractivity contribution in [2.75, 3.05) is 19.7 Å². The van der Waals surface area contributed by atoms with Crippen molar-refractivity contribution in [2.24, 2.45) is 5.41 Å². The molecule has 2 heterocycles.